The summed E-state index contributed by atoms with van der Waals surface area (Å²) in [7, 11) is 0. The Morgan fingerprint density at radius 2 is 1.44 bits per heavy atom. The summed E-state index contributed by atoms with van der Waals surface area (Å²) in [4.78, 5) is 0. The molecule has 0 radical (unpaired) electrons. The van der Waals surface area contributed by atoms with Gasteiger partial charge in [0.2, 0.25) is 0 Å². The van der Waals surface area contributed by atoms with Gasteiger partial charge in [-0.1, -0.05) is 52.5 Å². The van der Waals surface area contributed by atoms with Crippen molar-refractivity contribution in [3.8, 4) is 17.2 Å². The van der Waals surface area contributed by atoms with Crippen molar-refractivity contribution in [2.45, 2.75) is 0 Å². The van der Waals surface area contributed by atoms with Crippen LogP contribution in [0.4, 0.5) is 0 Å². The molecule has 0 unspecified atom stereocenters. The second-order valence-corrected chi connectivity index (χ2v) is 5.18. The van der Waals surface area contributed by atoms with E-state index in [4.69, 9.17) is 51.7 Å². The number of nitrogens with zero attached hydrogens (tertiary/aromatic N) is 1. The first-order valence-electron chi connectivity index (χ1n) is 4.88. The van der Waals surface area contributed by atoms with E-state index in [0.29, 0.717) is 36.8 Å². The highest BCUT2D eigenvalue weighted by atomic mass is 35.5. The lowest BCUT2D eigenvalue weighted by Gasteiger charge is -2.11. The maximum absolute atomic E-state index is 9.12. The Hall–Kier alpha value is -0.910. The quantitative estimate of drug-likeness (QED) is 0.648. The van der Waals surface area contributed by atoms with Crippen molar-refractivity contribution in [1.29, 1.82) is 5.26 Å². The minimum Gasteiger partial charge on any atom is -0.192 e. The Morgan fingerprint density at radius 1 is 0.833 bits per heavy atom. The summed E-state index contributed by atoms with van der Waals surface area (Å²) in [5.74, 6) is 0. The molecule has 1 nitrogen and oxygen atoms in total. The predicted octanol–water partition coefficient (Wildman–Crippen LogP) is 5.84. The average molecular weight is 317 g/mol. The van der Waals surface area contributed by atoms with Crippen molar-refractivity contribution in [3.63, 3.8) is 0 Å². The summed E-state index contributed by atoms with van der Waals surface area (Å²) in [6.45, 7) is 0. The van der Waals surface area contributed by atoms with E-state index in [9.17, 15) is 0 Å². The number of nitriles is 1. The Kier molecular flexibility index (Phi) is 4.04. The molecule has 18 heavy (non-hydrogen) atoms. The lowest BCUT2D eigenvalue weighted by Crippen LogP contribution is -1.88. The Labute approximate surface area is 124 Å². The highest BCUT2D eigenvalue weighted by Crippen LogP contribution is 2.41. The summed E-state index contributed by atoms with van der Waals surface area (Å²) < 4.78 is 0. The normalized spacial score (nSPS) is 10.2. The monoisotopic (exact) mass is 315 g/mol. The van der Waals surface area contributed by atoms with Crippen LogP contribution in [0.25, 0.3) is 11.1 Å². The molecule has 2 aromatic rings. The molecule has 0 spiro atoms. The molecule has 0 bridgehead atoms. The highest BCUT2D eigenvalue weighted by molar-refractivity contribution is 6.43. The first-order valence-corrected chi connectivity index (χ1v) is 6.39. The molecule has 0 aliphatic heterocycles. The molecule has 0 aliphatic carbocycles. The molecule has 0 saturated heterocycles. The van der Waals surface area contributed by atoms with Gasteiger partial charge in [-0.25, -0.2) is 0 Å². The van der Waals surface area contributed by atoms with Crippen LogP contribution in [0, 0.1) is 11.3 Å². The Morgan fingerprint density at radius 3 is 2.00 bits per heavy atom. The minimum absolute atomic E-state index is 0.358. The zero-order chi connectivity index (χ0) is 13.3. The summed E-state index contributed by atoms with van der Waals surface area (Å²) in [6, 6.07) is 10.2. The number of halogens is 4. The number of hydrogen-bond donors (Lipinski definition) is 0. The van der Waals surface area contributed by atoms with Crippen LogP contribution in [0.5, 0.6) is 0 Å². The van der Waals surface area contributed by atoms with E-state index in [0.717, 1.165) is 0 Å². The molecule has 0 N–H and O–H groups in total. The molecular weight excluding hydrogens is 312 g/mol. The van der Waals surface area contributed by atoms with Crippen LogP contribution in [-0.2, 0) is 0 Å². The van der Waals surface area contributed by atoms with E-state index < -0.39 is 0 Å². The van der Waals surface area contributed by atoms with E-state index in [1.54, 1.807) is 30.3 Å². The maximum atomic E-state index is 9.12. The van der Waals surface area contributed by atoms with E-state index in [1.165, 1.54) is 0 Å². The van der Waals surface area contributed by atoms with Gasteiger partial charge in [0.25, 0.3) is 0 Å². The van der Waals surface area contributed by atoms with Crippen molar-refractivity contribution in [2.75, 3.05) is 0 Å². The van der Waals surface area contributed by atoms with Gasteiger partial charge in [-0.2, -0.15) is 5.26 Å². The number of hydrogen-bond acceptors (Lipinski definition) is 1. The van der Waals surface area contributed by atoms with Crippen LogP contribution >= 0.6 is 46.4 Å². The molecule has 2 rings (SSSR count). The van der Waals surface area contributed by atoms with E-state index in [1.807, 2.05) is 0 Å². The van der Waals surface area contributed by atoms with E-state index in [-0.39, 0.29) is 0 Å². The molecular formula is C13H5Cl4N. The Bertz CT molecular complexity index is 636. The fraction of sp³-hybridized carbons (Fsp3) is 0. The van der Waals surface area contributed by atoms with Gasteiger partial charge >= 0.3 is 0 Å². The van der Waals surface area contributed by atoms with Crippen LogP contribution in [0.1, 0.15) is 5.56 Å². The zero-order valence-electron chi connectivity index (χ0n) is 8.85. The molecule has 5 heteroatoms. The maximum Gasteiger partial charge on any atom is 0.0998 e. The van der Waals surface area contributed by atoms with Crippen LogP contribution in [-0.4, -0.2) is 0 Å². The summed E-state index contributed by atoms with van der Waals surface area (Å²) in [5.41, 5.74) is 1.45. The van der Waals surface area contributed by atoms with Gasteiger partial charge < -0.3 is 0 Å². The van der Waals surface area contributed by atoms with Crippen molar-refractivity contribution in [1.82, 2.24) is 0 Å². The molecule has 0 aliphatic rings. The first kappa shape index (κ1) is 13.5. The van der Waals surface area contributed by atoms with Gasteiger partial charge in [-0.15, -0.1) is 0 Å². The predicted molar refractivity (Wildman–Crippen MR) is 76.6 cm³/mol. The van der Waals surface area contributed by atoms with Crippen LogP contribution in [0.3, 0.4) is 0 Å². The second-order valence-electron chi connectivity index (χ2n) is 3.52. The van der Waals surface area contributed by atoms with Crippen molar-refractivity contribution >= 4 is 46.4 Å². The van der Waals surface area contributed by atoms with E-state index in [2.05, 4.69) is 6.07 Å². The zero-order valence-corrected chi connectivity index (χ0v) is 11.9. The summed E-state index contributed by atoms with van der Waals surface area (Å²) in [5, 5.41) is 10.7. The van der Waals surface area contributed by atoms with Crippen LogP contribution in [0.15, 0.2) is 30.3 Å². The van der Waals surface area contributed by atoms with Crippen LogP contribution in [0.2, 0.25) is 20.1 Å². The SMILES string of the molecule is N#Cc1cccc(Cl)c1-c1c(Cl)cc(Cl)cc1Cl. The molecule has 0 amide bonds. The lowest BCUT2D eigenvalue weighted by molar-refractivity contribution is 1.48. The third kappa shape index (κ3) is 2.43. The van der Waals surface area contributed by atoms with Crippen molar-refractivity contribution < 1.29 is 0 Å². The molecule has 90 valence electrons. The fourth-order valence-electron chi connectivity index (χ4n) is 1.65. The molecule has 0 saturated carbocycles. The van der Waals surface area contributed by atoms with Gasteiger partial charge in [-0.3, -0.25) is 0 Å². The van der Waals surface area contributed by atoms with Crippen LogP contribution < -0.4 is 0 Å². The molecule has 0 aromatic heterocycles. The molecule has 0 fully saturated rings. The number of rotatable bonds is 1. The van der Waals surface area contributed by atoms with Gasteiger partial charge in [0, 0.05) is 21.2 Å². The van der Waals surface area contributed by atoms with Gasteiger partial charge in [0.15, 0.2) is 0 Å². The topological polar surface area (TPSA) is 23.8 Å². The smallest absolute Gasteiger partial charge is 0.0998 e. The van der Waals surface area contributed by atoms with Crippen molar-refractivity contribution in [3.05, 3.63) is 56.0 Å². The lowest BCUT2D eigenvalue weighted by atomic mass is 10.00. The minimum atomic E-state index is 0.358. The Balaban J connectivity index is 2.82. The molecule has 2 aromatic carbocycles. The fourth-order valence-corrected chi connectivity index (χ4v) is 2.93. The largest absolute Gasteiger partial charge is 0.192 e. The highest BCUT2D eigenvalue weighted by Gasteiger charge is 2.16. The molecule has 0 atom stereocenters. The van der Waals surface area contributed by atoms with Crippen molar-refractivity contribution in [2.24, 2.45) is 0 Å². The average Bonchev–Trinajstić information content (AvgIpc) is 2.29. The third-order valence-electron chi connectivity index (χ3n) is 2.39. The second kappa shape index (κ2) is 5.38. The van der Waals surface area contributed by atoms with Gasteiger partial charge in [0.05, 0.1) is 21.7 Å². The summed E-state index contributed by atoms with van der Waals surface area (Å²) in [6.07, 6.45) is 0. The molecule has 0 heterocycles. The van der Waals surface area contributed by atoms with E-state index >= 15 is 0 Å². The first-order chi connectivity index (χ1) is 8.54. The van der Waals surface area contributed by atoms with Gasteiger partial charge in [-0.05, 0) is 24.3 Å². The standard InChI is InChI=1S/C13H5Cl4N/c14-8-4-10(16)13(11(17)5-8)12-7(6-18)2-1-3-9(12)15/h1-5H. The number of benzene rings is 2. The van der Waals surface area contributed by atoms with Gasteiger partial charge in [0.1, 0.15) is 0 Å². The third-order valence-corrected chi connectivity index (χ3v) is 3.52. The summed E-state index contributed by atoms with van der Waals surface area (Å²) >= 11 is 24.2.